The van der Waals surface area contributed by atoms with Gasteiger partial charge in [0.2, 0.25) is 6.41 Å². The van der Waals surface area contributed by atoms with Gasteiger partial charge >= 0.3 is 0 Å². The zero-order valence-corrected chi connectivity index (χ0v) is 15.2. The van der Waals surface area contributed by atoms with Crippen molar-refractivity contribution in [3.8, 4) is 0 Å². The molecule has 0 aliphatic carbocycles. The number of rotatable bonds is 5. The van der Waals surface area contributed by atoms with Gasteiger partial charge in [0.15, 0.2) is 0 Å². The van der Waals surface area contributed by atoms with Crippen LogP contribution < -0.4 is 5.32 Å². The van der Waals surface area contributed by atoms with Crippen molar-refractivity contribution >= 4 is 18.2 Å². The highest BCUT2D eigenvalue weighted by atomic mass is 16.2. The third kappa shape index (κ3) is 4.69. The molecule has 1 N–H and O–H groups in total. The van der Waals surface area contributed by atoms with Crippen LogP contribution in [0.25, 0.3) is 0 Å². The molecule has 1 saturated heterocycles. The number of aromatic nitrogens is 1. The van der Waals surface area contributed by atoms with E-state index in [0.717, 1.165) is 17.5 Å². The number of amides is 3. The Balaban J connectivity index is 1.63. The molecule has 3 rings (SSSR count). The lowest BCUT2D eigenvalue weighted by molar-refractivity contribution is -0.119. The van der Waals surface area contributed by atoms with Crippen molar-refractivity contribution < 1.29 is 14.4 Å². The second-order valence-electron chi connectivity index (χ2n) is 6.57. The number of carbonyl (C=O) groups is 3. The third-order valence-electron chi connectivity index (χ3n) is 4.53. The zero-order chi connectivity index (χ0) is 19.2. The fraction of sp³-hybridized carbons (Fsp3) is 0.300. The Kier molecular flexibility index (Phi) is 5.80. The molecular weight excluding hydrogens is 344 g/mol. The lowest BCUT2D eigenvalue weighted by Crippen LogP contribution is -2.48. The van der Waals surface area contributed by atoms with Crippen molar-refractivity contribution in [2.45, 2.75) is 13.5 Å². The number of carbonyl (C=O) groups excluding carboxylic acids is 3. The number of hydrogen-bond acceptors (Lipinski definition) is 4. The summed E-state index contributed by atoms with van der Waals surface area (Å²) in [5, 5.41) is 2.85. The molecule has 140 valence electrons. The third-order valence-corrected chi connectivity index (χ3v) is 4.53. The van der Waals surface area contributed by atoms with E-state index in [-0.39, 0.29) is 11.8 Å². The molecular formula is C20H22N4O3. The maximum absolute atomic E-state index is 12.6. The SMILES string of the molecule is Cc1cccc(CNC(=O)c2cncc(C(=O)N3CCN(C=O)CC3)c2)c1. The van der Waals surface area contributed by atoms with E-state index in [9.17, 15) is 14.4 Å². The van der Waals surface area contributed by atoms with Gasteiger partial charge in [0.1, 0.15) is 0 Å². The van der Waals surface area contributed by atoms with E-state index < -0.39 is 0 Å². The van der Waals surface area contributed by atoms with Crippen LogP contribution in [0.2, 0.25) is 0 Å². The first-order valence-electron chi connectivity index (χ1n) is 8.84. The molecule has 27 heavy (non-hydrogen) atoms. The summed E-state index contributed by atoms with van der Waals surface area (Å²) in [7, 11) is 0. The van der Waals surface area contributed by atoms with E-state index in [0.29, 0.717) is 43.9 Å². The molecule has 2 heterocycles. The second-order valence-corrected chi connectivity index (χ2v) is 6.57. The smallest absolute Gasteiger partial charge is 0.255 e. The van der Waals surface area contributed by atoms with Gasteiger partial charge in [-0.1, -0.05) is 29.8 Å². The monoisotopic (exact) mass is 366 g/mol. The highest BCUT2D eigenvalue weighted by molar-refractivity contribution is 5.99. The van der Waals surface area contributed by atoms with Crippen LogP contribution in [0.15, 0.2) is 42.7 Å². The molecule has 0 atom stereocenters. The molecule has 1 aromatic heterocycles. The largest absolute Gasteiger partial charge is 0.348 e. The highest BCUT2D eigenvalue weighted by Gasteiger charge is 2.22. The van der Waals surface area contributed by atoms with Crippen LogP contribution in [0.5, 0.6) is 0 Å². The summed E-state index contributed by atoms with van der Waals surface area (Å²) in [6.07, 6.45) is 3.71. The van der Waals surface area contributed by atoms with Gasteiger partial charge in [-0.3, -0.25) is 19.4 Å². The molecule has 7 heteroatoms. The molecule has 1 aromatic carbocycles. The summed E-state index contributed by atoms with van der Waals surface area (Å²) in [6.45, 7) is 4.38. The first kappa shape index (κ1) is 18.6. The van der Waals surface area contributed by atoms with Gasteiger partial charge in [-0.25, -0.2) is 0 Å². The van der Waals surface area contributed by atoms with Gasteiger partial charge in [-0.15, -0.1) is 0 Å². The van der Waals surface area contributed by atoms with Crippen LogP contribution in [0.3, 0.4) is 0 Å². The molecule has 2 aromatic rings. The van der Waals surface area contributed by atoms with Crippen LogP contribution in [0.1, 0.15) is 31.8 Å². The minimum absolute atomic E-state index is 0.179. The maximum atomic E-state index is 12.6. The predicted molar refractivity (Wildman–Crippen MR) is 100 cm³/mol. The van der Waals surface area contributed by atoms with E-state index >= 15 is 0 Å². The van der Waals surface area contributed by atoms with Crippen LogP contribution in [-0.2, 0) is 11.3 Å². The Morgan fingerprint density at radius 3 is 2.56 bits per heavy atom. The van der Waals surface area contributed by atoms with E-state index in [1.165, 1.54) is 12.4 Å². The molecule has 3 amide bonds. The number of aryl methyl sites for hydroxylation is 1. The number of piperazine rings is 1. The molecule has 0 radical (unpaired) electrons. The van der Waals surface area contributed by atoms with E-state index in [2.05, 4.69) is 10.3 Å². The summed E-state index contributed by atoms with van der Waals surface area (Å²) in [4.78, 5) is 43.2. The first-order chi connectivity index (χ1) is 13.1. The van der Waals surface area contributed by atoms with Gasteiger partial charge in [-0.2, -0.15) is 0 Å². The highest BCUT2D eigenvalue weighted by Crippen LogP contribution is 2.10. The van der Waals surface area contributed by atoms with Crippen molar-refractivity contribution in [1.82, 2.24) is 20.1 Å². The van der Waals surface area contributed by atoms with Crippen molar-refractivity contribution in [1.29, 1.82) is 0 Å². The van der Waals surface area contributed by atoms with Gasteiger partial charge in [0.25, 0.3) is 11.8 Å². The van der Waals surface area contributed by atoms with Crippen LogP contribution in [0, 0.1) is 6.92 Å². The summed E-state index contributed by atoms with van der Waals surface area (Å²) >= 11 is 0. The number of pyridine rings is 1. The minimum Gasteiger partial charge on any atom is -0.348 e. The van der Waals surface area contributed by atoms with Crippen molar-refractivity contribution in [3.63, 3.8) is 0 Å². The van der Waals surface area contributed by atoms with E-state index in [4.69, 9.17) is 0 Å². The van der Waals surface area contributed by atoms with Crippen LogP contribution in [0.4, 0.5) is 0 Å². The van der Waals surface area contributed by atoms with Crippen molar-refractivity contribution in [3.05, 3.63) is 65.0 Å². The maximum Gasteiger partial charge on any atom is 0.255 e. The Hall–Kier alpha value is -3.22. The van der Waals surface area contributed by atoms with Gasteiger partial charge < -0.3 is 15.1 Å². The Bertz CT molecular complexity index is 845. The topological polar surface area (TPSA) is 82.6 Å². The number of hydrogen-bond donors (Lipinski definition) is 1. The second kappa shape index (κ2) is 8.44. The molecule has 0 unspecified atom stereocenters. The molecule has 0 bridgehead atoms. The minimum atomic E-state index is -0.274. The lowest BCUT2D eigenvalue weighted by atomic mass is 10.1. The van der Waals surface area contributed by atoms with Gasteiger partial charge in [0.05, 0.1) is 11.1 Å². The lowest BCUT2D eigenvalue weighted by Gasteiger charge is -2.32. The summed E-state index contributed by atoms with van der Waals surface area (Å²) in [5.41, 5.74) is 2.86. The van der Waals surface area contributed by atoms with Gasteiger partial charge in [-0.05, 0) is 18.6 Å². The van der Waals surface area contributed by atoms with Crippen LogP contribution >= 0.6 is 0 Å². The van der Waals surface area contributed by atoms with Crippen LogP contribution in [-0.4, -0.2) is 59.2 Å². The number of nitrogens with zero attached hydrogens (tertiary/aromatic N) is 3. The molecule has 0 saturated carbocycles. The summed E-state index contributed by atoms with van der Waals surface area (Å²) in [6, 6.07) is 9.47. The quantitative estimate of drug-likeness (QED) is 0.807. The predicted octanol–water partition coefficient (Wildman–Crippen LogP) is 1.23. The normalized spacial score (nSPS) is 14.0. The van der Waals surface area contributed by atoms with E-state index in [1.807, 2.05) is 31.2 Å². The van der Waals surface area contributed by atoms with Gasteiger partial charge in [0, 0.05) is 45.1 Å². The Morgan fingerprint density at radius 2 is 1.85 bits per heavy atom. The average molecular weight is 366 g/mol. The number of benzene rings is 1. The van der Waals surface area contributed by atoms with E-state index in [1.54, 1.807) is 15.9 Å². The Morgan fingerprint density at radius 1 is 1.11 bits per heavy atom. The summed E-state index contributed by atoms with van der Waals surface area (Å²) < 4.78 is 0. The summed E-state index contributed by atoms with van der Waals surface area (Å²) in [5.74, 6) is -0.453. The first-order valence-corrected chi connectivity index (χ1v) is 8.84. The molecule has 1 aliphatic rings. The zero-order valence-electron chi connectivity index (χ0n) is 15.2. The van der Waals surface area contributed by atoms with Crippen molar-refractivity contribution in [2.75, 3.05) is 26.2 Å². The standard InChI is InChI=1S/C20H22N4O3/c1-15-3-2-4-16(9-15)11-22-19(26)17-10-18(13-21-12-17)20(27)24-7-5-23(14-25)6-8-24/h2-4,9-10,12-14H,5-8,11H2,1H3,(H,22,26). The Labute approximate surface area is 158 Å². The molecule has 1 aliphatic heterocycles. The fourth-order valence-electron chi connectivity index (χ4n) is 3.00. The van der Waals surface area contributed by atoms with Crippen molar-refractivity contribution in [2.24, 2.45) is 0 Å². The molecule has 1 fully saturated rings. The average Bonchev–Trinajstić information content (AvgIpc) is 2.71. The fourth-order valence-corrected chi connectivity index (χ4v) is 3.00. The molecule has 7 nitrogen and oxygen atoms in total. The number of nitrogens with one attached hydrogen (secondary N) is 1. The molecule has 0 spiro atoms.